The Bertz CT molecular complexity index is 826. The first-order valence-corrected chi connectivity index (χ1v) is 6.30. The van der Waals surface area contributed by atoms with Crippen molar-refractivity contribution in [3.8, 4) is 22.7 Å². The minimum Gasteiger partial charge on any atom is -0.508 e. The van der Waals surface area contributed by atoms with E-state index in [2.05, 4.69) is 10.3 Å². The molecule has 0 atom stereocenters. The molecule has 110 valence electrons. The number of aromatic carboxylic acids is 1. The molecule has 0 aliphatic rings. The second-order valence-electron chi connectivity index (χ2n) is 4.53. The molecule has 0 aliphatic heterocycles. The van der Waals surface area contributed by atoms with Crippen LogP contribution >= 0.6 is 0 Å². The number of aromatic hydroxyl groups is 1. The van der Waals surface area contributed by atoms with E-state index in [1.54, 1.807) is 12.1 Å². The number of hydrogen-bond acceptors (Lipinski definition) is 4. The Morgan fingerprint density at radius 3 is 2.27 bits per heavy atom. The number of phenolic OH excluding ortho intramolecular Hbond substituents is 1. The topological polar surface area (TPSA) is 88.2 Å². The predicted octanol–water partition coefficient (Wildman–Crippen LogP) is 2.48. The second-order valence-corrected chi connectivity index (χ2v) is 4.53. The molecule has 1 heterocycles. The Labute approximate surface area is 124 Å². The first-order chi connectivity index (χ1) is 10.6. The molecule has 3 rings (SSSR count). The summed E-state index contributed by atoms with van der Waals surface area (Å²) in [6.07, 6.45) is 0. The fourth-order valence-electron chi connectivity index (χ4n) is 2.07. The van der Waals surface area contributed by atoms with Gasteiger partial charge < -0.3 is 10.2 Å². The molecule has 0 amide bonds. The Hall–Kier alpha value is -3.22. The minimum atomic E-state index is -1.23. The van der Waals surface area contributed by atoms with Gasteiger partial charge in [-0.3, -0.25) is 0 Å². The van der Waals surface area contributed by atoms with Crippen molar-refractivity contribution >= 4 is 5.97 Å². The highest BCUT2D eigenvalue weighted by molar-refractivity contribution is 5.93. The minimum absolute atomic E-state index is 0.0747. The van der Waals surface area contributed by atoms with E-state index in [9.17, 15) is 19.4 Å². The van der Waals surface area contributed by atoms with E-state index in [0.717, 1.165) is 0 Å². The molecular weight excluding hydrogens is 289 g/mol. The van der Waals surface area contributed by atoms with Gasteiger partial charge >= 0.3 is 5.97 Å². The third-order valence-electron chi connectivity index (χ3n) is 3.08. The number of benzene rings is 2. The lowest BCUT2D eigenvalue weighted by molar-refractivity contribution is 0.0691. The number of carboxylic acids is 1. The quantitative estimate of drug-likeness (QED) is 0.775. The summed E-state index contributed by atoms with van der Waals surface area (Å²) >= 11 is 0. The summed E-state index contributed by atoms with van der Waals surface area (Å²) in [7, 11) is 0. The maximum atomic E-state index is 13.1. The summed E-state index contributed by atoms with van der Waals surface area (Å²) in [6, 6.07) is 11.4. The molecule has 2 aromatic carbocycles. The van der Waals surface area contributed by atoms with Crippen molar-refractivity contribution in [2.45, 2.75) is 0 Å². The van der Waals surface area contributed by atoms with Crippen molar-refractivity contribution in [1.29, 1.82) is 0 Å². The van der Waals surface area contributed by atoms with Gasteiger partial charge in [0.05, 0.1) is 5.69 Å². The molecule has 1 aromatic heterocycles. The van der Waals surface area contributed by atoms with Crippen LogP contribution in [0.2, 0.25) is 0 Å². The normalized spacial score (nSPS) is 10.6. The lowest BCUT2D eigenvalue weighted by Crippen LogP contribution is -2.03. The van der Waals surface area contributed by atoms with Crippen LogP contribution in [-0.2, 0) is 0 Å². The number of carboxylic acid groups (broad SMARTS) is 1. The Kier molecular flexibility index (Phi) is 3.30. The van der Waals surface area contributed by atoms with Crippen molar-refractivity contribution in [1.82, 2.24) is 15.0 Å². The fourth-order valence-corrected chi connectivity index (χ4v) is 2.07. The average molecular weight is 299 g/mol. The molecule has 0 radical (unpaired) electrons. The number of halogens is 1. The Morgan fingerprint density at radius 1 is 1.05 bits per heavy atom. The zero-order valence-electron chi connectivity index (χ0n) is 11.1. The molecule has 2 N–H and O–H groups in total. The van der Waals surface area contributed by atoms with Gasteiger partial charge in [-0.2, -0.15) is 0 Å². The van der Waals surface area contributed by atoms with Crippen molar-refractivity contribution in [2.24, 2.45) is 0 Å². The van der Waals surface area contributed by atoms with Gasteiger partial charge in [-0.25, -0.2) is 13.9 Å². The maximum absolute atomic E-state index is 13.1. The molecule has 0 fully saturated rings. The zero-order valence-corrected chi connectivity index (χ0v) is 11.1. The largest absolute Gasteiger partial charge is 0.508 e. The van der Waals surface area contributed by atoms with Crippen molar-refractivity contribution in [3.05, 3.63) is 60.0 Å². The van der Waals surface area contributed by atoms with Crippen LogP contribution in [0.15, 0.2) is 48.5 Å². The first kappa shape index (κ1) is 13.7. The van der Waals surface area contributed by atoms with Crippen LogP contribution in [0.4, 0.5) is 4.39 Å². The van der Waals surface area contributed by atoms with Gasteiger partial charge in [-0.15, -0.1) is 5.10 Å². The van der Waals surface area contributed by atoms with Gasteiger partial charge in [0.15, 0.2) is 5.69 Å². The van der Waals surface area contributed by atoms with E-state index in [0.29, 0.717) is 11.3 Å². The summed E-state index contributed by atoms with van der Waals surface area (Å²) in [5.74, 6) is -1.58. The number of carbonyl (C=O) groups is 1. The molecule has 6 nitrogen and oxygen atoms in total. The van der Waals surface area contributed by atoms with E-state index in [1.807, 2.05) is 0 Å². The number of aromatic nitrogens is 3. The lowest BCUT2D eigenvalue weighted by atomic mass is 10.1. The fraction of sp³-hybridized carbons (Fsp3) is 0. The van der Waals surface area contributed by atoms with Crippen molar-refractivity contribution in [2.75, 3.05) is 0 Å². The molecule has 0 saturated carbocycles. The van der Waals surface area contributed by atoms with E-state index in [-0.39, 0.29) is 17.1 Å². The molecule has 0 unspecified atom stereocenters. The number of nitrogens with zero attached hydrogens (tertiary/aromatic N) is 3. The third-order valence-corrected chi connectivity index (χ3v) is 3.08. The van der Waals surface area contributed by atoms with Gasteiger partial charge in [-0.1, -0.05) is 5.21 Å². The van der Waals surface area contributed by atoms with E-state index >= 15 is 0 Å². The molecule has 0 saturated heterocycles. The van der Waals surface area contributed by atoms with Crippen LogP contribution in [-0.4, -0.2) is 31.2 Å². The summed E-state index contributed by atoms with van der Waals surface area (Å²) in [5, 5.41) is 26.1. The Balaban J connectivity index is 2.21. The molecule has 0 aliphatic carbocycles. The number of hydrogen-bond donors (Lipinski definition) is 2. The van der Waals surface area contributed by atoms with Crippen LogP contribution in [0.5, 0.6) is 5.75 Å². The van der Waals surface area contributed by atoms with Crippen LogP contribution in [0, 0.1) is 5.82 Å². The SMILES string of the molecule is O=C(O)c1nnn(-c2ccc(O)cc2)c1-c1ccc(F)cc1. The standard InChI is InChI=1S/C15H10FN3O3/c16-10-3-1-9(2-4-10)14-13(15(21)22)17-18-19(14)11-5-7-12(20)8-6-11/h1-8,20H,(H,21,22). The van der Waals surface area contributed by atoms with Gasteiger partial charge in [-0.05, 0) is 48.5 Å². The number of phenols is 1. The first-order valence-electron chi connectivity index (χ1n) is 6.30. The molecule has 22 heavy (non-hydrogen) atoms. The van der Waals surface area contributed by atoms with E-state index in [1.165, 1.54) is 41.1 Å². The Morgan fingerprint density at radius 2 is 1.68 bits per heavy atom. The average Bonchev–Trinajstić information content (AvgIpc) is 2.94. The highest BCUT2D eigenvalue weighted by Crippen LogP contribution is 2.26. The molecule has 7 heteroatoms. The van der Waals surface area contributed by atoms with Gasteiger partial charge in [0.1, 0.15) is 17.3 Å². The molecule has 0 spiro atoms. The summed E-state index contributed by atoms with van der Waals surface area (Å²) in [5.41, 5.74) is 0.992. The lowest BCUT2D eigenvalue weighted by Gasteiger charge is -2.07. The van der Waals surface area contributed by atoms with Crippen LogP contribution in [0.1, 0.15) is 10.5 Å². The molecular formula is C15H10FN3O3. The third kappa shape index (κ3) is 2.39. The van der Waals surface area contributed by atoms with Crippen LogP contribution < -0.4 is 0 Å². The smallest absolute Gasteiger partial charge is 0.358 e. The zero-order chi connectivity index (χ0) is 15.7. The molecule has 3 aromatic rings. The van der Waals surface area contributed by atoms with Gasteiger partial charge in [0.2, 0.25) is 0 Å². The van der Waals surface area contributed by atoms with E-state index < -0.39 is 11.8 Å². The van der Waals surface area contributed by atoms with Crippen LogP contribution in [0.3, 0.4) is 0 Å². The second kappa shape index (κ2) is 5.28. The molecule has 0 bridgehead atoms. The van der Waals surface area contributed by atoms with E-state index in [4.69, 9.17) is 0 Å². The van der Waals surface area contributed by atoms with Gasteiger partial charge in [0, 0.05) is 5.56 Å². The highest BCUT2D eigenvalue weighted by atomic mass is 19.1. The van der Waals surface area contributed by atoms with Gasteiger partial charge in [0.25, 0.3) is 0 Å². The highest BCUT2D eigenvalue weighted by Gasteiger charge is 2.21. The van der Waals surface area contributed by atoms with Crippen molar-refractivity contribution < 1.29 is 19.4 Å². The summed E-state index contributed by atoms with van der Waals surface area (Å²) in [4.78, 5) is 11.3. The number of rotatable bonds is 3. The monoisotopic (exact) mass is 299 g/mol. The summed E-state index contributed by atoms with van der Waals surface area (Å²) < 4.78 is 14.4. The summed E-state index contributed by atoms with van der Waals surface area (Å²) in [6.45, 7) is 0. The van der Waals surface area contributed by atoms with Crippen molar-refractivity contribution in [3.63, 3.8) is 0 Å². The maximum Gasteiger partial charge on any atom is 0.358 e. The van der Waals surface area contributed by atoms with Crippen LogP contribution in [0.25, 0.3) is 16.9 Å². The predicted molar refractivity (Wildman–Crippen MR) is 75.4 cm³/mol.